The molecule has 0 aromatic heterocycles. The van der Waals surface area contributed by atoms with E-state index in [0.717, 1.165) is 0 Å². The van der Waals surface area contributed by atoms with Crippen molar-refractivity contribution >= 4 is 9.84 Å². The number of sulfone groups is 1. The van der Waals surface area contributed by atoms with Crippen LogP contribution in [0.5, 0.6) is 5.75 Å². The third-order valence-corrected chi connectivity index (χ3v) is 4.51. The Hall–Kier alpha value is -1.07. The van der Waals surface area contributed by atoms with Crippen LogP contribution >= 0.6 is 0 Å². The van der Waals surface area contributed by atoms with E-state index in [4.69, 9.17) is 0 Å². The Balaban J connectivity index is 2.30. The van der Waals surface area contributed by atoms with Crippen molar-refractivity contribution in [3.8, 4) is 5.75 Å². The van der Waals surface area contributed by atoms with Gasteiger partial charge in [0.2, 0.25) is 0 Å². The molecule has 1 aromatic rings. The Morgan fingerprint density at radius 1 is 1.31 bits per heavy atom. The highest BCUT2D eigenvalue weighted by Gasteiger charge is 2.24. The molecule has 0 saturated carbocycles. The molecule has 0 aliphatic carbocycles. The summed E-state index contributed by atoms with van der Waals surface area (Å²) in [6.45, 7) is 0.665. The van der Waals surface area contributed by atoms with Gasteiger partial charge in [-0.05, 0) is 19.0 Å². The lowest BCUT2D eigenvalue weighted by atomic mass is 10.1. The molecule has 5 heteroatoms. The van der Waals surface area contributed by atoms with E-state index in [2.05, 4.69) is 5.32 Å². The lowest BCUT2D eigenvalue weighted by molar-refractivity contribution is 0.454. The van der Waals surface area contributed by atoms with E-state index in [1.165, 1.54) is 0 Å². The van der Waals surface area contributed by atoms with Gasteiger partial charge in [0, 0.05) is 11.6 Å². The van der Waals surface area contributed by atoms with Crippen molar-refractivity contribution in [3.63, 3.8) is 0 Å². The summed E-state index contributed by atoms with van der Waals surface area (Å²) in [6, 6.07) is 6.56. The van der Waals surface area contributed by atoms with Crippen molar-refractivity contribution < 1.29 is 13.5 Å². The first-order chi connectivity index (χ1) is 7.58. The molecule has 1 aliphatic heterocycles. The van der Waals surface area contributed by atoms with Crippen molar-refractivity contribution in [1.29, 1.82) is 0 Å². The maximum Gasteiger partial charge on any atom is 0.152 e. The van der Waals surface area contributed by atoms with E-state index >= 15 is 0 Å². The van der Waals surface area contributed by atoms with Crippen molar-refractivity contribution in [1.82, 2.24) is 5.32 Å². The molecule has 2 rings (SSSR count). The van der Waals surface area contributed by atoms with Crippen molar-refractivity contribution in [2.45, 2.75) is 12.5 Å². The second kappa shape index (κ2) is 4.43. The number of rotatable bonds is 1. The van der Waals surface area contributed by atoms with Crippen LogP contribution in [-0.2, 0) is 9.84 Å². The summed E-state index contributed by atoms with van der Waals surface area (Å²) < 4.78 is 23.3. The monoisotopic (exact) mass is 241 g/mol. The summed E-state index contributed by atoms with van der Waals surface area (Å²) in [5, 5.41) is 12.8. The number of phenolic OH excluding ortho intramolecular Hbond substituents is 1. The van der Waals surface area contributed by atoms with Gasteiger partial charge in [-0.3, -0.25) is 0 Å². The van der Waals surface area contributed by atoms with Gasteiger partial charge >= 0.3 is 0 Å². The molecule has 0 amide bonds. The Morgan fingerprint density at radius 2 is 2.06 bits per heavy atom. The average Bonchev–Trinajstić information content (AvgIpc) is 2.40. The van der Waals surface area contributed by atoms with Gasteiger partial charge in [0.25, 0.3) is 0 Å². The van der Waals surface area contributed by atoms with Gasteiger partial charge in [-0.2, -0.15) is 0 Å². The molecule has 1 aromatic carbocycles. The third kappa shape index (κ3) is 2.54. The normalized spacial score (nSPS) is 24.9. The topological polar surface area (TPSA) is 66.4 Å². The molecule has 1 aliphatic rings. The SMILES string of the molecule is O=S1(=O)CCCNC(c2ccccc2O)C1. The largest absolute Gasteiger partial charge is 0.508 e. The summed E-state index contributed by atoms with van der Waals surface area (Å²) in [7, 11) is -3.01. The van der Waals surface area contributed by atoms with E-state index in [-0.39, 0.29) is 23.3 Å². The molecule has 2 N–H and O–H groups in total. The van der Waals surface area contributed by atoms with Crippen LogP contribution in [-0.4, -0.2) is 31.6 Å². The molecule has 1 fully saturated rings. The summed E-state index contributed by atoms with van der Waals surface area (Å²) in [6.07, 6.45) is 0.631. The van der Waals surface area contributed by atoms with Gasteiger partial charge in [0.05, 0.1) is 11.5 Å². The zero-order valence-corrected chi connectivity index (χ0v) is 9.70. The maximum atomic E-state index is 11.6. The predicted molar refractivity (Wildman–Crippen MR) is 62.1 cm³/mol. The quantitative estimate of drug-likeness (QED) is 0.764. The van der Waals surface area contributed by atoms with E-state index in [1.807, 2.05) is 0 Å². The van der Waals surface area contributed by atoms with E-state index in [9.17, 15) is 13.5 Å². The minimum atomic E-state index is -3.01. The molecule has 1 saturated heterocycles. The third-order valence-electron chi connectivity index (χ3n) is 2.76. The van der Waals surface area contributed by atoms with Gasteiger partial charge in [0.15, 0.2) is 9.84 Å². The van der Waals surface area contributed by atoms with Crippen LogP contribution in [0.4, 0.5) is 0 Å². The number of aromatic hydroxyl groups is 1. The van der Waals surface area contributed by atoms with E-state index in [1.54, 1.807) is 24.3 Å². The smallest absolute Gasteiger partial charge is 0.152 e. The standard InChI is InChI=1S/C11H15NO3S/c13-11-5-2-1-4-9(11)10-8-16(14,15)7-3-6-12-10/h1-2,4-5,10,12-13H,3,6-8H2. The molecule has 1 unspecified atom stereocenters. The molecular formula is C11H15NO3S. The molecule has 4 nitrogen and oxygen atoms in total. The fourth-order valence-corrected chi connectivity index (χ4v) is 3.50. The van der Waals surface area contributed by atoms with Crippen LogP contribution in [0.2, 0.25) is 0 Å². The first kappa shape index (κ1) is 11.4. The second-order valence-corrected chi connectivity index (χ2v) is 6.26. The summed E-state index contributed by atoms with van der Waals surface area (Å²) in [5.74, 6) is 0.436. The lowest BCUT2D eigenvalue weighted by Crippen LogP contribution is -2.25. The van der Waals surface area contributed by atoms with Crippen LogP contribution in [0.15, 0.2) is 24.3 Å². The Morgan fingerprint density at radius 3 is 2.81 bits per heavy atom. The summed E-state index contributed by atoms with van der Waals surface area (Å²) >= 11 is 0. The molecule has 16 heavy (non-hydrogen) atoms. The number of phenols is 1. The van der Waals surface area contributed by atoms with Gasteiger partial charge in [-0.1, -0.05) is 18.2 Å². The van der Waals surface area contributed by atoms with Gasteiger partial charge in [-0.25, -0.2) is 8.42 Å². The number of benzene rings is 1. The first-order valence-electron chi connectivity index (χ1n) is 5.30. The van der Waals surface area contributed by atoms with E-state index < -0.39 is 9.84 Å². The van der Waals surface area contributed by atoms with Crippen LogP contribution in [0.3, 0.4) is 0 Å². The average molecular weight is 241 g/mol. The molecule has 88 valence electrons. The van der Waals surface area contributed by atoms with Gasteiger partial charge in [-0.15, -0.1) is 0 Å². The van der Waals surface area contributed by atoms with Gasteiger partial charge < -0.3 is 10.4 Å². The number of hydrogen-bond acceptors (Lipinski definition) is 4. The van der Waals surface area contributed by atoms with Crippen LogP contribution < -0.4 is 5.32 Å². The molecular weight excluding hydrogens is 226 g/mol. The highest BCUT2D eigenvalue weighted by atomic mass is 32.2. The number of para-hydroxylation sites is 1. The fourth-order valence-electron chi connectivity index (χ4n) is 1.95. The summed E-state index contributed by atoms with van der Waals surface area (Å²) in [4.78, 5) is 0. The maximum absolute atomic E-state index is 11.6. The van der Waals surface area contributed by atoms with Gasteiger partial charge in [0.1, 0.15) is 5.75 Å². The second-order valence-electron chi connectivity index (χ2n) is 4.03. The Labute approximate surface area is 95.2 Å². The molecule has 1 atom stereocenters. The Kier molecular flexibility index (Phi) is 3.16. The van der Waals surface area contributed by atoms with Crippen LogP contribution in [0.25, 0.3) is 0 Å². The molecule has 1 heterocycles. The Bertz CT molecular complexity index is 470. The highest BCUT2D eigenvalue weighted by molar-refractivity contribution is 7.91. The lowest BCUT2D eigenvalue weighted by Gasteiger charge is -2.16. The zero-order valence-electron chi connectivity index (χ0n) is 8.89. The fraction of sp³-hybridized carbons (Fsp3) is 0.455. The first-order valence-corrected chi connectivity index (χ1v) is 7.12. The molecule has 0 spiro atoms. The van der Waals surface area contributed by atoms with Crippen LogP contribution in [0, 0.1) is 0 Å². The number of nitrogens with one attached hydrogen (secondary N) is 1. The zero-order chi connectivity index (χ0) is 11.6. The number of hydrogen-bond donors (Lipinski definition) is 2. The van der Waals surface area contributed by atoms with Crippen molar-refractivity contribution in [3.05, 3.63) is 29.8 Å². The van der Waals surface area contributed by atoms with Crippen molar-refractivity contribution in [2.24, 2.45) is 0 Å². The predicted octanol–water partition coefficient (Wildman–Crippen LogP) is 0.841. The molecule has 0 bridgehead atoms. The van der Waals surface area contributed by atoms with Crippen molar-refractivity contribution in [2.75, 3.05) is 18.1 Å². The highest BCUT2D eigenvalue weighted by Crippen LogP contribution is 2.26. The van der Waals surface area contributed by atoms with E-state index in [0.29, 0.717) is 18.5 Å². The minimum Gasteiger partial charge on any atom is -0.508 e. The molecule has 0 radical (unpaired) electrons. The summed E-state index contributed by atoms with van der Waals surface area (Å²) in [5.41, 5.74) is 0.660. The minimum absolute atomic E-state index is 0.0601. The van der Waals surface area contributed by atoms with Crippen LogP contribution in [0.1, 0.15) is 18.0 Å².